The second-order valence-electron chi connectivity index (χ2n) is 6.12. The van der Waals surface area contributed by atoms with Crippen molar-refractivity contribution in [1.82, 2.24) is 4.31 Å². The van der Waals surface area contributed by atoms with Gasteiger partial charge in [-0.1, -0.05) is 41.9 Å². The van der Waals surface area contributed by atoms with Crippen LogP contribution in [0.1, 0.15) is 18.5 Å². The number of sulfonamides is 1. The summed E-state index contributed by atoms with van der Waals surface area (Å²) in [4.78, 5) is 12.3. The van der Waals surface area contributed by atoms with E-state index in [0.717, 1.165) is 9.87 Å². The fourth-order valence-electron chi connectivity index (χ4n) is 2.35. The molecule has 6 nitrogen and oxygen atoms in total. The number of amides is 1. The molecule has 8 heteroatoms. The Bertz CT molecular complexity index is 871. The molecule has 2 aromatic rings. The number of halogens is 1. The second kappa shape index (κ2) is 8.64. The maximum atomic E-state index is 12.2. The van der Waals surface area contributed by atoms with Crippen LogP contribution >= 0.6 is 11.6 Å². The van der Waals surface area contributed by atoms with Gasteiger partial charge in [-0.25, -0.2) is 12.7 Å². The summed E-state index contributed by atoms with van der Waals surface area (Å²) in [6, 6.07) is 14.2. The van der Waals surface area contributed by atoms with E-state index in [1.165, 1.54) is 32.3 Å². The van der Waals surface area contributed by atoms with Gasteiger partial charge in [-0.15, -0.1) is 0 Å². The fraction of sp³-hybridized carbons (Fsp3) is 0.278. The van der Waals surface area contributed by atoms with Crippen LogP contribution in [0.15, 0.2) is 53.4 Å². The molecule has 1 amide bonds. The van der Waals surface area contributed by atoms with E-state index in [1.807, 2.05) is 42.6 Å². The van der Waals surface area contributed by atoms with E-state index < -0.39 is 10.0 Å². The SMILES string of the molecule is C[C@@H]([NH2+]CC(=O)Nc1cc(S(=O)(=O)N(C)C)ccc1Cl)c1ccccc1. The summed E-state index contributed by atoms with van der Waals surface area (Å²) in [6.07, 6.45) is 0. The predicted molar refractivity (Wildman–Crippen MR) is 103 cm³/mol. The number of nitrogens with one attached hydrogen (secondary N) is 1. The number of carbonyl (C=O) groups is 1. The number of benzene rings is 2. The average Bonchev–Trinajstić information content (AvgIpc) is 2.62. The fourth-order valence-corrected chi connectivity index (χ4v) is 3.44. The van der Waals surface area contributed by atoms with Crippen molar-refractivity contribution in [1.29, 1.82) is 0 Å². The Morgan fingerprint density at radius 3 is 2.46 bits per heavy atom. The van der Waals surface area contributed by atoms with Crippen molar-refractivity contribution in [3.8, 4) is 0 Å². The van der Waals surface area contributed by atoms with Gasteiger partial charge in [0.25, 0.3) is 5.91 Å². The Morgan fingerprint density at radius 1 is 1.19 bits per heavy atom. The highest BCUT2D eigenvalue weighted by Gasteiger charge is 2.19. The minimum atomic E-state index is -3.60. The summed E-state index contributed by atoms with van der Waals surface area (Å²) >= 11 is 6.10. The topological polar surface area (TPSA) is 83.1 Å². The third-order valence-electron chi connectivity index (χ3n) is 3.97. The van der Waals surface area contributed by atoms with E-state index in [1.54, 1.807) is 0 Å². The minimum Gasteiger partial charge on any atom is -0.333 e. The van der Waals surface area contributed by atoms with Gasteiger partial charge < -0.3 is 10.6 Å². The number of hydrogen-bond acceptors (Lipinski definition) is 3. The van der Waals surface area contributed by atoms with Gasteiger partial charge >= 0.3 is 0 Å². The van der Waals surface area contributed by atoms with Crippen LogP contribution in [0.3, 0.4) is 0 Å². The molecule has 0 aromatic heterocycles. The molecule has 0 heterocycles. The predicted octanol–water partition coefficient (Wildman–Crippen LogP) is 1.85. The number of anilines is 1. The summed E-state index contributed by atoms with van der Waals surface area (Å²) < 4.78 is 25.5. The van der Waals surface area contributed by atoms with Gasteiger partial charge in [0.2, 0.25) is 10.0 Å². The lowest BCUT2D eigenvalue weighted by molar-refractivity contribution is -0.682. The van der Waals surface area contributed by atoms with E-state index in [4.69, 9.17) is 11.6 Å². The van der Waals surface area contributed by atoms with Gasteiger partial charge in [-0.2, -0.15) is 0 Å². The van der Waals surface area contributed by atoms with E-state index in [9.17, 15) is 13.2 Å². The average molecular weight is 397 g/mol. The molecule has 1 atom stereocenters. The molecule has 0 aliphatic carbocycles. The highest BCUT2D eigenvalue weighted by Crippen LogP contribution is 2.26. The normalized spacial score (nSPS) is 12.8. The Morgan fingerprint density at radius 2 is 1.85 bits per heavy atom. The molecule has 0 saturated carbocycles. The maximum absolute atomic E-state index is 12.2. The lowest BCUT2D eigenvalue weighted by Crippen LogP contribution is -2.86. The molecule has 2 aromatic carbocycles. The number of hydrogen-bond donors (Lipinski definition) is 2. The summed E-state index contributed by atoms with van der Waals surface area (Å²) in [5, 5.41) is 4.87. The zero-order valence-corrected chi connectivity index (χ0v) is 16.5. The highest BCUT2D eigenvalue weighted by atomic mass is 35.5. The minimum absolute atomic E-state index is 0.0730. The maximum Gasteiger partial charge on any atom is 0.279 e. The monoisotopic (exact) mass is 396 g/mol. The first-order valence-corrected chi connectivity index (χ1v) is 9.94. The Kier molecular flexibility index (Phi) is 6.77. The highest BCUT2D eigenvalue weighted by molar-refractivity contribution is 7.89. The number of quaternary nitrogens is 1. The largest absolute Gasteiger partial charge is 0.333 e. The molecular formula is C18H23ClN3O3S+. The van der Waals surface area contributed by atoms with Crippen LogP contribution in [0, 0.1) is 0 Å². The van der Waals surface area contributed by atoms with Gasteiger partial charge in [0.05, 0.1) is 15.6 Å². The van der Waals surface area contributed by atoms with Crippen molar-refractivity contribution >= 4 is 33.2 Å². The van der Waals surface area contributed by atoms with E-state index in [-0.39, 0.29) is 34.1 Å². The molecule has 0 spiro atoms. The first-order valence-electron chi connectivity index (χ1n) is 8.12. The first-order chi connectivity index (χ1) is 12.2. The van der Waals surface area contributed by atoms with Gasteiger partial charge in [0.1, 0.15) is 6.04 Å². The van der Waals surface area contributed by atoms with Crippen molar-refractivity contribution < 1.29 is 18.5 Å². The van der Waals surface area contributed by atoms with Crippen LogP contribution in [0.5, 0.6) is 0 Å². The Labute approximate surface area is 159 Å². The first kappa shape index (κ1) is 20.4. The lowest BCUT2D eigenvalue weighted by Gasteiger charge is -2.14. The summed E-state index contributed by atoms with van der Waals surface area (Å²) in [5.41, 5.74) is 1.40. The molecule has 0 saturated heterocycles. The van der Waals surface area contributed by atoms with Gasteiger partial charge in [-0.3, -0.25) is 4.79 Å². The number of rotatable bonds is 7. The number of nitrogens with two attached hydrogens (primary N) is 1. The van der Waals surface area contributed by atoms with Crippen molar-refractivity contribution in [3.05, 3.63) is 59.1 Å². The quantitative estimate of drug-likeness (QED) is 0.749. The van der Waals surface area contributed by atoms with Crippen molar-refractivity contribution in [2.24, 2.45) is 0 Å². The van der Waals surface area contributed by atoms with Crippen molar-refractivity contribution in [2.75, 3.05) is 26.0 Å². The molecule has 3 N–H and O–H groups in total. The molecule has 26 heavy (non-hydrogen) atoms. The van der Waals surface area contributed by atoms with Gasteiger partial charge in [0.15, 0.2) is 6.54 Å². The zero-order valence-electron chi connectivity index (χ0n) is 14.9. The Hall–Kier alpha value is -1.93. The number of nitrogens with zero attached hydrogens (tertiary/aromatic N) is 1. The molecule has 140 valence electrons. The molecule has 0 radical (unpaired) electrons. The molecule has 0 unspecified atom stereocenters. The van der Waals surface area contributed by atoms with Crippen LogP contribution < -0.4 is 10.6 Å². The smallest absolute Gasteiger partial charge is 0.279 e. The van der Waals surface area contributed by atoms with Crippen LogP contribution in [0.25, 0.3) is 0 Å². The molecule has 0 fully saturated rings. The van der Waals surface area contributed by atoms with Crippen molar-refractivity contribution in [3.63, 3.8) is 0 Å². The van der Waals surface area contributed by atoms with Crippen LogP contribution in [0.2, 0.25) is 5.02 Å². The van der Waals surface area contributed by atoms with Crippen LogP contribution in [0.4, 0.5) is 5.69 Å². The van der Waals surface area contributed by atoms with E-state index in [0.29, 0.717) is 0 Å². The zero-order chi connectivity index (χ0) is 19.3. The summed E-state index contributed by atoms with van der Waals surface area (Å²) in [7, 11) is -0.705. The second-order valence-corrected chi connectivity index (χ2v) is 8.68. The van der Waals surface area contributed by atoms with Crippen molar-refractivity contribution in [2.45, 2.75) is 17.9 Å². The molecule has 0 bridgehead atoms. The molecule has 0 aliphatic rings. The molecule has 0 aliphatic heterocycles. The van der Waals surface area contributed by atoms with E-state index >= 15 is 0 Å². The third kappa shape index (κ3) is 5.04. The standard InChI is InChI=1S/C18H22ClN3O3S/c1-13(14-7-5-4-6-8-14)20-12-18(23)21-17-11-15(9-10-16(17)19)26(24,25)22(2)3/h4-11,13,20H,12H2,1-3H3,(H,21,23)/p+1/t13-/m1/s1. The van der Waals surface area contributed by atoms with Gasteiger partial charge in [0, 0.05) is 19.7 Å². The molecule has 2 rings (SSSR count). The molecular weight excluding hydrogens is 374 g/mol. The number of carbonyl (C=O) groups excluding carboxylic acids is 1. The third-order valence-corrected chi connectivity index (χ3v) is 6.11. The summed E-state index contributed by atoms with van der Waals surface area (Å²) in [5.74, 6) is -0.255. The van der Waals surface area contributed by atoms with Gasteiger partial charge in [-0.05, 0) is 25.1 Å². The van der Waals surface area contributed by atoms with Crippen LogP contribution in [-0.2, 0) is 14.8 Å². The lowest BCUT2D eigenvalue weighted by atomic mass is 10.1. The van der Waals surface area contributed by atoms with Crippen LogP contribution in [-0.4, -0.2) is 39.3 Å². The summed E-state index contributed by atoms with van der Waals surface area (Å²) in [6.45, 7) is 2.21. The van der Waals surface area contributed by atoms with E-state index in [2.05, 4.69) is 5.32 Å². The Balaban J connectivity index is 2.05.